The van der Waals surface area contributed by atoms with Crippen molar-refractivity contribution in [1.29, 1.82) is 0 Å². The van der Waals surface area contributed by atoms with Gasteiger partial charge in [-0.25, -0.2) is 4.98 Å². The van der Waals surface area contributed by atoms with Crippen LogP contribution in [0.25, 0.3) is 0 Å². The van der Waals surface area contributed by atoms with Crippen molar-refractivity contribution in [3.05, 3.63) is 59.3 Å². The number of rotatable bonds is 7. The molecule has 4 rings (SSSR count). The molecule has 1 aromatic heterocycles. The third kappa shape index (κ3) is 5.72. The molecule has 0 bridgehead atoms. The minimum atomic E-state index is -4.90. The maximum atomic E-state index is 12.8. The third-order valence-electron chi connectivity index (χ3n) is 5.39. The minimum absolute atomic E-state index is 0.0635. The molecule has 0 unspecified atom stereocenters. The zero-order valence-corrected chi connectivity index (χ0v) is 18.9. The van der Waals surface area contributed by atoms with Gasteiger partial charge < -0.3 is 30.7 Å². The lowest BCUT2D eigenvalue weighted by molar-refractivity contribution is -0.274. The van der Waals surface area contributed by atoms with E-state index in [1.807, 2.05) is 19.2 Å². The molecule has 2 heterocycles. The summed E-state index contributed by atoms with van der Waals surface area (Å²) in [5.41, 5.74) is 8.15. The number of amides is 1. The number of likely N-dealkylation sites (N-methyl/N-ethyl adjacent to an activating group) is 1. The van der Waals surface area contributed by atoms with Crippen molar-refractivity contribution in [2.75, 3.05) is 31.3 Å². The second-order valence-corrected chi connectivity index (χ2v) is 7.92. The number of hydrogen-bond donors (Lipinski definition) is 3. The molecule has 0 spiro atoms. The van der Waals surface area contributed by atoms with Crippen molar-refractivity contribution < 1.29 is 27.4 Å². The number of primary amides is 1. The van der Waals surface area contributed by atoms with Crippen molar-refractivity contribution >= 4 is 29.0 Å². The van der Waals surface area contributed by atoms with Crippen molar-refractivity contribution in [2.24, 2.45) is 5.73 Å². The number of aromatic nitrogens is 2. The third-order valence-corrected chi connectivity index (χ3v) is 5.39. The molecule has 1 aliphatic rings. The van der Waals surface area contributed by atoms with Gasteiger partial charge in [0.05, 0.1) is 18.5 Å². The summed E-state index contributed by atoms with van der Waals surface area (Å²) >= 11 is 0. The second kappa shape index (κ2) is 9.66. The fraction of sp³-hybridized carbons (Fsp3) is 0.261. The Labute approximate surface area is 199 Å². The summed E-state index contributed by atoms with van der Waals surface area (Å²) in [6, 6.07) is 9.26. The molecule has 3 aromatic rings. The molecule has 1 aliphatic heterocycles. The molecule has 0 saturated carbocycles. The predicted molar refractivity (Wildman–Crippen MR) is 123 cm³/mol. The number of alkyl halides is 3. The molecule has 0 saturated heterocycles. The number of para-hydroxylation sites is 2. The smallest absolute Gasteiger partial charge is 0.495 e. The molecule has 1 amide bonds. The van der Waals surface area contributed by atoms with E-state index >= 15 is 0 Å². The summed E-state index contributed by atoms with van der Waals surface area (Å²) < 4.78 is 48.0. The van der Waals surface area contributed by atoms with Crippen LogP contribution in [0.3, 0.4) is 0 Å². The molecule has 9 nitrogen and oxygen atoms in total. The van der Waals surface area contributed by atoms with Gasteiger partial charge in [0.1, 0.15) is 17.1 Å². The number of benzene rings is 2. The first-order valence-electron chi connectivity index (χ1n) is 10.6. The zero-order chi connectivity index (χ0) is 25.2. The van der Waals surface area contributed by atoms with Gasteiger partial charge in [0.15, 0.2) is 5.75 Å². The Bertz CT molecular complexity index is 1250. The van der Waals surface area contributed by atoms with Crippen LogP contribution in [0.4, 0.5) is 36.3 Å². The number of fused-ring (bicyclic) bond motifs is 1. The standard InChI is InChI=1S/C23H23F3N6O3/c1-32-8-7-13-10-19(34-2)17(9-14(13)12-32)30-22-28-11-15(20(27)33)21(31-22)29-16-5-3-4-6-18(16)35-23(24,25)26/h3-6,9-11H,7-8,12H2,1-2H3,(H2,27,33)(H2,28,29,30,31). The number of halogens is 3. The number of carbonyl (C=O) groups excluding carboxylic acids is 1. The number of carbonyl (C=O) groups is 1. The first-order chi connectivity index (χ1) is 16.6. The molecule has 184 valence electrons. The van der Waals surface area contributed by atoms with Crippen LogP contribution in [0.15, 0.2) is 42.6 Å². The molecule has 0 atom stereocenters. The fourth-order valence-corrected chi connectivity index (χ4v) is 3.74. The van der Waals surface area contributed by atoms with Crippen molar-refractivity contribution in [2.45, 2.75) is 19.3 Å². The van der Waals surface area contributed by atoms with E-state index in [0.717, 1.165) is 31.1 Å². The number of methoxy groups -OCH3 is 1. The molecule has 35 heavy (non-hydrogen) atoms. The molecular weight excluding hydrogens is 465 g/mol. The number of ether oxygens (including phenoxy) is 2. The maximum Gasteiger partial charge on any atom is 0.573 e. The minimum Gasteiger partial charge on any atom is -0.495 e. The van der Waals surface area contributed by atoms with E-state index in [2.05, 4.69) is 30.2 Å². The lowest BCUT2D eigenvalue weighted by atomic mass is 9.99. The number of nitrogens with two attached hydrogens (primary N) is 1. The van der Waals surface area contributed by atoms with E-state index in [-0.39, 0.29) is 23.0 Å². The van der Waals surface area contributed by atoms with E-state index < -0.39 is 18.0 Å². The van der Waals surface area contributed by atoms with Crippen molar-refractivity contribution in [3.8, 4) is 11.5 Å². The first kappa shape index (κ1) is 24.1. The fourth-order valence-electron chi connectivity index (χ4n) is 3.74. The van der Waals surface area contributed by atoms with Crippen LogP contribution in [-0.2, 0) is 13.0 Å². The second-order valence-electron chi connectivity index (χ2n) is 7.92. The Morgan fingerprint density at radius 1 is 1.11 bits per heavy atom. The average Bonchev–Trinajstić information content (AvgIpc) is 2.79. The molecule has 4 N–H and O–H groups in total. The lowest BCUT2D eigenvalue weighted by Gasteiger charge is -2.26. The van der Waals surface area contributed by atoms with E-state index in [4.69, 9.17) is 10.5 Å². The van der Waals surface area contributed by atoms with Gasteiger partial charge in [-0.2, -0.15) is 4.98 Å². The number of anilines is 4. The topological polar surface area (TPSA) is 115 Å². The van der Waals surface area contributed by atoms with E-state index in [9.17, 15) is 18.0 Å². The monoisotopic (exact) mass is 488 g/mol. The van der Waals surface area contributed by atoms with Crippen LogP contribution in [-0.4, -0.2) is 47.8 Å². The van der Waals surface area contributed by atoms with Crippen molar-refractivity contribution in [1.82, 2.24) is 14.9 Å². The van der Waals surface area contributed by atoms with Gasteiger partial charge in [0.2, 0.25) is 5.95 Å². The lowest BCUT2D eigenvalue weighted by Crippen LogP contribution is -2.26. The van der Waals surface area contributed by atoms with Gasteiger partial charge in [0.25, 0.3) is 5.91 Å². The van der Waals surface area contributed by atoms with Crippen LogP contribution < -0.4 is 25.8 Å². The Kier molecular flexibility index (Phi) is 6.65. The van der Waals surface area contributed by atoms with E-state index in [1.54, 1.807) is 7.11 Å². The summed E-state index contributed by atoms with van der Waals surface area (Å²) in [7, 11) is 3.58. The average molecular weight is 488 g/mol. The quantitative estimate of drug-likeness (QED) is 0.458. The van der Waals surface area contributed by atoms with Gasteiger partial charge in [0, 0.05) is 19.3 Å². The van der Waals surface area contributed by atoms with Crippen LogP contribution >= 0.6 is 0 Å². The maximum absolute atomic E-state index is 12.8. The summed E-state index contributed by atoms with van der Waals surface area (Å²) in [5, 5.41) is 5.77. The van der Waals surface area contributed by atoms with Gasteiger partial charge in [-0.1, -0.05) is 12.1 Å². The van der Waals surface area contributed by atoms with E-state index in [1.165, 1.54) is 30.0 Å². The molecule has 0 aliphatic carbocycles. The van der Waals surface area contributed by atoms with Crippen LogP contribution in [0.1, 0.15) is 21.5 Å². The summed E-state index contributed by atoms with van der Waals surface area (Å²) in [4.78, 5) is 22.6. The Balaban J connectivity index is 1.68. The Hall–Kier alpha value is -4.06. The molecular formula is C23H23F3N6O3. The van der Waals surface area contributed by atoms with Crippen LogP contribution in [0.2, 0.25) is 0 Å². The zero-order valence-electron chi connectivity index (χ0n) is 18.9. The summed E-state index contributed by atoms with van der Waals surface area (Å²) in [6.07, 6.45) is -2.83. The molecule has 12 heteroatoms. The van der Waals surface area contributed by atoms with E-state index in [0.29, 0.717) is 11.4 Å². The van der Waals surface area contributed by atoms with Gasteiger partial charge >= 0.3 is 6.36 Å². The van der Waals surface area contributed by atoms with Gasteiger partial charge in [-0.15, -0.1) is 13.2 Å². The van der Waals surface area contributed by atoms with Crippen molar-refractivity contribution in [3.63, 3.8) is 0 Å². The summed E-state index contributed by atoms with van der Waals surface area (Å²) in [6.45, 7) is 1.70. The Morgan fingerprint density at radius 3 is 2.60 bits per heavy atom. The highest BCUT2D eigenvalue weighted by atomic mass is 19.4. The SMILES string of the molecule is COc1cc2c(cc1Nc1ncc(C(N)=O)c(Nc3ccccc3OC(F)(F)F)n1)CN(C)CC2. The van der Waals surface area contributed by atoms with Gasteiger partial charge in [-0.3, -0.25) is 4.79 Å². The normalized spacial score (nSPS) is 13.6. The van der Waals surface area contributed by atoms with Crippen LogP contribution in [0, 0.1) is 0 Å². The highest BCUT2D eigenvalue weighted by Crippen LogP contribution is 2.35. The number of nitrogens with one attached hydrogen (secondary N) is 2. The number of hydrogen-bond acceptors (Lipinski definition) is 8. The highest BCUT2D eigenvalue weighted by molar-refractivity contribution is 5.98. The highest BCUT2D eigenvalue weighted by Gasteiger charge is 2.32. The molecule has 0 radical (unpaired) electrons. The van der Waals surface area contributed by atoms with Gasteiger partial charge in [-0.05, 0) is 48.9 Å². The first-order valence-corrected chi connectivity index (χ1v) is 10.6. The summed E-state index contributed by atoms with van der Waals surface area (Å²) in [5.74, 6) is -0.792. The Morgan fingerprint density at radius 2 is 1.89 bits per heavy atom. The number of nitrogens with zero attached hydrogens (tertiary/aromatic N) is 3. The van der Waals surface area contributed by atoms with Crippen LogP contribution in [0.5, 0.6) is 11.5 Å². The molecule has 2 aromatic carbocycles. The largest absolute Gasteiger partial charge is 0.573 e. The predicted octanol–water partition coefficient (Wildman–Crippen LogP) is 3.96. The molecule has 0 fully saturated rings.